The fourth-order valence-corrected chi connectivity index (χ4v) is 4.70. The summed E-state index contributed by atoms with van der Waals surface area (Å²) >= 11 is 0. The molecule has 1 unspecified atom stereocenters. The third kappa shape index (κ3) is 3.83. The number of rotatable bonds is 6. The number of sulfonamides is 1. The van der Waals surface area contributed by atoms with E-state index in [-0.39, 0.29) is 23.9 Å². The van der Waals surface area contributed by atoms with Gasteiger partial charge >= 0.3 is 0 Å². The molecule has 9 nitrogen and oxygen atoms in total. The van der Waals surface area contributed by atoms with Crippen LogP contribution in [0, 0.1) is 10.1 Å². The molecule has 0 spiro atoms. The van der Waals surface area contributed by atoms with Gasteiger partial charge in [0.2, 0.25) is 11.8 Å². The first-order valence-corrected chi connectivity index (χ1v) is 10.4. The molecule has 0 saturated carbocycles. The van der Waals surface area contributed by atoms with Gasteiger partial charge in [0.05, 0.1) is 10.3 Å². The minimum atomic E-state index is -4.18. The maximum absolute atomic E-state index is 12.6. The molecule has 1 heterocycles. The Morgan fingerprint density at radius 3 is 2.38 bits per heavy atom. The third-order valence-electron chi connectivity index (χ3n) is 5.11. The third-order valence-corrected chi connectivity index (χ3v) is 6.54. The highest BCUT2D eigenvalue weighted by atomic mass is 32.2. The van der Waals surface area contributed by atoms with Gasteiger partial charge in [-0.15, -0.1) is 0 Å². The van der Waals surface area contributed by atoms with Crippen LogP contribution in [0.15, 0.2) is 53.4 Å². The SMILES string of the molecule is CCC1(c2ccc(NS(=O)(=O)c3ccccc3[N+](=O)[O-])cc2)CCC(=O)NC1=O. The van der Waals surface area contributed by atoms with Crippen molar-refractivity contribution in [3.05, 3.63) is 64.2 Å². The van der Waals surface area contributed by atoms with E-state index in [0.29, 0.717) is 18.4 Å². The number of hydrogen-bond acceptors (Lipinski definition) is 6. The van der Waals surface area contributed by atoms with Crippen molar-refractivity contribution in [3.8, 4) is 0 Å². The predicted octanol–water partition coefficient (Wildman–Crippen LogP) is 2.48. The van der Waals surface area contributed by atoms with E-state index in [1.807, 2.05) is 6.92 Å². The summed E-state index contributed by atoms with van der Waals surface area (Å²) in [5, 5.41) is 13.5. The van der Waals surface area contributed by atoms with Crippen LogP contribution in [0.25, 0.3) is 0 Å². The molecule has 0 radical (unpaired) electrons. The molecule has 1 aliphatic rings. The first-order chi connectivity index (χ1) is 13.7. The number of imide groups is 1. The molecule has 2 N–H and O–H groups in total. The van der Waals surface area contributed by atoms with Gasteiger partial charge in [-0.25, -0.2) is 8.42 Å². The van der Waals surface area contributed by atoms with E-state index in [0.717, 1.165) is 12.1 Å². The number of hydrogen-bond donors (Lipinski definition) is 2. The van der Waals surface area contributed by atoms with Gasteiger partial charge in [0.25, 0.3) is 15.7 Å². The highest BCUT2D eigenvalue weighted by Gasteiger charge is 2.42. The number of nitrogens with one attached hydrogen (secondary N) is 2. The minimum absolute atomic E-state index is 0.199. The van der Waals surface area contributed by atoms with Gasteiger partial charge in [-0.3, -0.25) is 29.7 Å². The van der Waals surface area contributed by atoms with Crippen molar-refractivity contribution >= 4 is 33.2 Å². The van der Waals surface area contributed by atoms with Crippen LogP contribution in [-0.2, 0) is 25.0 Å². The fourth-order valence-electron chi connectivity index (χ4n) is 3.47. The molecule has 29 heavy (non-hydrogen) atoms. The molecule has 2 aromatic rings. The second kappa shape index (κ2) is 7.63. The van der Waals surface area contributed by atoms with Crippen molar-refractivity contribution in [2.24, 2.45) is 0 Å². The van der Waals surface area contributed by atoms with E-state index < -0.39 is 30.9 Å². The van der Waals surface area contributed by atoms with Crippen LogP contribution < -0.4 is 10.0 Å². The normalized spacial score (nSPS) is 19.5. The Balaban J connectivity index is 1.89. The molecule has 1 atom stereocenters. The molecule has 3 rings (SSSR count). The lowest BCUT2D eigenvalue weighted by atomic mass is 9.72. The molecular formula is C19H19N3O6S. The van der Waals surface area contributed by atoms with E-state index in [1.54, 1.807) is 12.1 Å². The first kappa shape index (κ1) is 20.5. The van der Waals surface area contributed by atoms with E-state index in [2.05, 4.69) is 10.0 Å². The number of piperidine rings is 1. The Labute approximate surface area is 167 Å². The van der Waals surface area contributed by atoms with E-state index >= 15 is 0 Å². The quantitative estimate of drug-likeness (QED) is 0.421. The Bertz CT molecular complexity index is 1080. The number of nitrogens with zero attached hydrogens (tertiary/aromatic N) is 1. The second-order valence-electron chi connectivity index (χ2n) is 6.72. The lowest BCUT2D eigenvalue weighted by Gasteiger charge is -2.35. The average molecular weight is 417 g/mol. The molecule has 0 aliphatic carbocycles. The summed E-state index contributed by atoms with van der Waals surface area (Å²) in [7, 11) is -4.18. The van der Waals surface area contributed by atoms with Crippen LogP contribution >= 0.6 is 0 Å². The van der Waals surface area contributed by atoms with Gasteiger partial charge in [0, 0.05) is 18.2 Å². The van der Waals surface area contributed by atoms with Gasteiger partial charge in [-0.2, -0.15) is 0 Å². The number of nitro benzene ring substituents is 1. The Kier molecular flexibility index (Phi) is 5.38. The zero-order chi connectivity index (χ0) is 21.2. The maximum atomic E-state index is 12.6. The highest BCUT2D eigenvalue weighted by molar-refractivity contribution is 7.92. The predicted molar refractivity (Wildman–Crippen MR) is 105 cm³/mol. The van der Waals surface area contributed by atoms with Gasteiger partial charge in [0.1, 0.15) is 0 Å². The monoisotopic (exact) mass is 417 g/mol. The Hall–Kier alpha value is -3.27. The average Bonchev–Trinajstić information content (AvgIpc) is 2.69. The first-order valence-electron chi connectivity index (χ1n) is 8.91. The van der Waals surface area contributed by atoms with Crippen molar-refractivity contribution in [2.75, 3.05) is 4.72 Å². The second-order valence-corrected chi connectivity index (χ2v) is 8.37. The number of benzene rings is 2. The molecule has 152 valence electrons. The number of carbonyl (C=O) groups excluding carboxylic acids is 2. The summed E-state index contributed by atoms with van der Waals surface area (Å²) in [6, 6.07) is 11.3. The standard InChI is InChI=1S/C19H19N3O6S/c1-2-19(12-11-17(23)20-18(19)24)13-7-9-14(10-8-13)21-29(27,28)16-6-4-3-5-15(16)22(25)26/h3-10,21H,2,11-12H2,1H3,(H,20,23,24). The lowest BCUT2D eigenvalue weighted by molar-refractivity contribution is -0.387. The van der Waals surface area contributed by atoms with Crippen LogP contribution in [-0.4, -0.2) is 25.2 Å². The molecular weight excluding hydrogens is 398 g/mol. The van der Waals surface area contributed by atoms with Crippen LogP contribution in [0.3, 0.4) is 0 Å². The Morgan fingerprint density at radius 2 is 1.79 bits per heavy atom. The summed E-state index contributed by atoms with van der Waals surface area (Å²) in [5.74, 6) is -0.683. The van der Waals surface area contributed by atoms with Crippen molar-refractivity contribution < 1.29 is 22.9 Å². The summed E-state index contributed by atoms with van der Waals surface area (Å²) in [6.07, 6.45) is 1.08. The van der Waals surface area contributed by atoms with Gasteiger partial charge in [0.15, 0.2) is 4.90 Å². The summed E-state index contributed by atoms with van der Waals surface area (Å²) in [5.41, 5.74) is -0.516. The molecule has 1 saturated heterocycles. The molecule has 1 fully saturated rings. The van der Waals surface area contributed by atoms with E-state index in [4.69, 9.17) is 0 Å². The summed E-state index contributed by atoms with van der Waals surface area (Å²) < 4.78 is 27.5. The number of anilines is 1. The van der Waals surface area contributed by atoms with Gasteiger partial charge in [-0.05, 0) is 36.6 Å². The minimum Gasteiger partial charge on any atom is -0.296 e. The molecule has 2 aromatic carbocycles. The summed E-state index contributed by atoms with van der Waals surface area (Å²) in [6.45, 7) is 1.85. The number of para-hydroxylation sites is 1. The lowest BCUT2D eigenvalue weighted by Crippen LogP contribution is -2.51. The van der Waals surface area contributed by atoms with Crippen molar-refractivity contribution in [1.82, 2.24) is 5.32 Å². The maximum Gasteiger partial charge on any atom is 0.289 e. The molecule has 10 heteroatoms. The van der Waals surface area contributed by atoms with Crippen LogP contribution in [0.5, 0.6) is 0 Å². The van der Waals surface area contributed by atoms with Gasteiger partial charge in [-0.1, -0.05) is 31.2 Å². The van der Waals surface area contributed by atoms with Crippen LogP contribution in [0.4, 0.5) is 11.4 Å². The number of nitro groups is 1. The molecule has 1 aliphatic heterocycles. The molecule has 0 aromatic heterocycles. The van der Waals surface area contributed by atoms with Crippen molar-refractivity contribution in [3.63, 3.8) is 0 Å². The van der Waals surface area contributed by atoms with Crippen LogP contribution in [0.2, 0.25) is 0 Å². The Morgan fingerprint density at radius 1 is 1.14 bits per heavy atom. The topological polar surface area (TPSA) is 135 Å². The zero-order valence-corrected chi connectivity index (χ0v) is 16.4. The van der Waals surface area contributed by atoms with Crippen molar-refractivity contribution in [2.45, 2.75) is 36.5 Å². The van der Waals surface area contributed by atoms with E-state index in [9.17, 15) is 28.1 Å². The number of carbonyl (C=O) groups is 2. The van der Waals surface area contributed by atoms with E-state index in [1.165, 1.54) is 24.3 Å². The largest absolute Gasteiger partial charge is 0.296 e. The van der Waals surface area contributed by atoms with Crippen LogP contribution in [0.1, 0.15) is 31.7 Å². The summed E-state index contributed by atoms with van der Waals surface area (Å²) in [4.78, 5) is 33.8. The molecule has 0 bridgehead atoms. The highest BCUT2D eigenvalue weighted by Crippen LogP contribution is 2.36. The fraction of sp³-hybridized carbons (Fsp3) is 0.263. The van der Waals surface area contributed by atoms with Crippen molar-refractivity contribution in [1.29, 1.82) is 0 Å². The number of amides is 2. The smallest absolute Gasteiger partial charge is 0.289 e. The zero-order valence-electron chi connectivity index (χ0n) is 15.5. The molecule has 2 amide bonds. The van der Waals surface area contributed by atoms with Gasteiger partial charge < -0.3 is 0 Å².